The van der Waals surface area contributed by atoms with Crippen LogP contribution >= 0.6 is 0 Å². The zero-order valence-corrected chi connectivity index (χ0v) is 16.4. The number of rotatable bonds is 10. The van der Waals surface area contributed by atoms with E-state index in [0.717, 1.165) is 24.2 Å². The quantitative estimate of drug-likeness (QED) is 0.449. The lowest BCUT2D eigenvalue weighted by atomic mass is 9.92. The van der Waals surface area contributed by atoms with Crippen LogP contribution in [0.25, 0.3) is 0 Å². The molecule has 1 rings (SSSR count). The fourth-order valence-electron chi connectivity index (χ4n) is 2.72. The Morgan fingerprint density at radius 1 is 1.23 bits per heavy atom. The molecule has 0 aromatic heterocycles. The van der Waals surface area contributed by atoms with Crippen LogP contribution < -0.4 is 10.6 Å². The molecule has 1 atom stereocenters. The third-order valence-corrected chi connectivity index (χ3v) is 4.57. The molecule has 1 heterocycles. The van der Waals surface area contributed by atoms with E-state index in [0.29, 0.717) is 12.3 Å². The standard InChI is InChI=1S/C18H31N3O5/c1-6-13(7-2)19-14(22)11-26-15(23)10-21-16(24)18(5,20-17(21)25)9-8-12(3)4/h12-13H,6-11H2,1-5H3,(H,19,22)(H,20,25)/t18-/m0/s1. The lowest BCUT2D eigenvalue weighted by Crippen LogP contribution is -2.44. The van der Waals surface area contributed by atoms with Gasteiger partial charge in [-0.25, -0.2) is 4.79 Å². The van der Waals surface area contributed by atoms with Crippen molar-refractivity contribution < 1.29 is 23.9 Å². The second-order valence-electron chi connectivity index (χ2n) is 7.33. The van der Waals surface area contributed by atoms with E-state index >= 15 is 0 Å². The number of imide groups is 1. The van der Waals surface area contributed by atoms with Crippen LogP contribution in [0.1, 0.15) is 60.3 Å². The minimum Gasteiger partial charge on any atom is -0.454 e. The van der Waals surface area contributed by atoms with Gasteiger partial charge in [0.15, 0.2) is 6.61 Å². The molecular formula is C18H31N3O5. The highest BCUT2D eigenvalue weighted by molar-refractivity contribution is 6.08. The van der Waals surface area contributed by atoms with Gasteiger partial charge in [-0.3, -0.25) is 19.3 Å². The van der Waals surface area contributed by atoms with Gasteiger partial charge in [0, 0.05) is 6.04 Å². The van der Waals surface area contributed by atoms with Crippen LogP contribution in [0.4, 0.5) is 4.79 Å². The minimum atomic E-state index is -1.01. The largest absolute Gasteiger partial charge is 0.454 e. The molecule has 148 valence electrons. The molecule has 26 heavy (non-hydrogen) atoms. The van der Waals surface area contributed by atoms with Crippen molar-refractivity contribution in [3.8, 4) is 0 Å². The van der Waals surface area contributed by atoms with Gasteiger partial charge in [0.2, 0.25) is 0 Å². The summed E-state index contributed by atoms with van der Waals surface area (Å²) in [4.78, 5) is 49.1. The smallest absolute Gasteiger partial charge is 0.326 e. The third-order valence-electron chi connectivity index (χ3n) is 4.57. The van der Waals surface area contributed by atoms with Gasteiger partial charge in [0.05, 0.1) is 0 Å². The van der Waals surface area contributed by atoms with E-state index in [-0.39, 0.29) is 6.04 Å². The van der Waals surface area contributed by atoms with Crippen LogP contribution in [0.3, 0.4) is 0 Å². The topological polar surface area (TPSA) is 105 Å². The zero-order valence-electron chi connectivity index (χ0n) is 16.4. The van der Waals surface area contributed by atoms with Crippen molar-refractivity contribution >= 4 is 23.8 Å². The van der Waals surface area contributed by atoms with E-state index in [4.69, 9.17) is 4.74 Å². The number of nitrogens with zero attached hydrogens (tertiary/aromatic N) is 1. The maximum Gasteiger partial charge on any atom is 0.326 e. The van der Waals surface area contributed by atoms with Crippen molar-refractivity contribution in [3.63, 3.8) is 0 Å². The number of nitrogens with one attached hydrogen (secondary N) is 2. The summed E-state index contributed by atoms with van der Waals surface area (Å²) in [7, 11) is 0. The Morgan fingerprint density at radius 2 is 1.85 bits per heavy atom. The van der Waals surface area contributed by atoms with Crippen molar-refractivity contribution in [3.05, 3.63) is 0 Å². The molecule has 2 N–H and O–H groups in total. The molecule has 0 spiro atoms. The first kappa shape index (κ1) is 21.9. The van der Waals surface area contributed by atoms with Crippen molar-refractivity contribution in [1.29, 1.82) is 0 Å². The fraction of sp³-hybridized carbons (Fsp3) is 0.778. The molecule has 0 aromatic rings. The average Bonchev–Trinajstić information content (AvgIpc) is 2.79. The summed E-state index contributed by atoms with van der Waals surface area (Å²) >= 11 is 0. The first-order valence-electron chi connectivity index (χ1n) is 9.22. The monoisotopic (exact) mass is 369 g/mol. The number of hydrogen-bond donors (Lipinski definition) is 2. The van der Waals surface area contributed by atoms with E-state index in [1.165, 1.54) is 0 Å². The lowest BCUT2D eigenvalue weighted by Gasteiger charge is -2.22. The summed E-state index contributed by atoms with van der Waals surface area (Å²) < 4.78 is 4.89. The predicted molar refractivity (Wildman–Crippen MR) is 96.2 cm³/mol. The Hall–Kier alpha value is -2.12. The van der Waals surface area contributed by atoms with Gasteiger partial charge in [0.1, 0.15) is 12.1 Å². The molecule has 0 radical (unpaired) electrons. The summed E-state index contributed by atoms with van der Waals surface area (Å²) in [5.41, 5.74) is -1.01. The zero-order chi connectivity index (χ0) is 19.9. The van der Waals surface area contributed by atoms with E-state index in [9.17, 15) is 19.2 Å². The van der Waals surface area contributed by atoms with Gasteiger partial charge in [-0.05, 0) is 38.5 Å². The maximum absolute atomic E-state index is 12.5. The number of esters is 1. The number of amides is 4. The molecule has 8 heteroatoms. The minimum absolute atomic E-state index is 0.0359. The van der Waals surface area contributed by atoms with Crippen LogP contribution in [0.5, 0.6) is 0 Å². The third kappa shape index (κ3) is 6.00. The second kappa shape index (κ2) is 9.54. The average molecular weight is 369 g/mol. The van der Waals surface area contributed by atoms with Crippen LogP contribution in [0.2, 0.25) is 0 Å². The molecule has 4 amide bonds. The van der Waals surface area contributed by atoms with Crippen molar-refractivity contribution in [2.45, 2.75) is 71.9 Å². The van der Waals surface area contributed by atoms with Crippen molar-refractivity contribution in [1.82, 2.24) is 15.5 Å². The Balaban J connectivity index is 2.52. The molecule has 1 fully saturated rings. The Morgan fingerprint density at radius 3 is 2.38 bits per heavy atom. The highest BCUT2D eigenvalue weighted by atomic mass is 16.5. The maximum atomic E-state index is 12.5. The fourth-order valence-corrected chi connectivity index (χ4v) is 2.72. The summed E-state index contributed by atoms with van der Waals surface area (Å²) in [5.74, 6) is -1.24. The van der Waals surface area contributed by atoms with Crippen LogP contribution in [0, 0.1) is 5.92 Å². The normalized spacial score (nSPS) is 19.9. The highest BCUT2D eigenvalue weighted by Crippen LogP contribution is 2.24. The molecule has 8 nitrogen and oxygen atoms in total. The van der Waals surface area contributed by atoms with E-state index in [1.54, 1.807) is 6.92 Å². The van der Waals surface area contributed by atoms with Crippen LogP contribution in [-0.4, -0.2) is 53.4 Å². The van der Waals surface area contributed by atoms with E-state index in [2.05, 4.69) is 10.6 Å². The molecule has 0 saturated carbocycles. The molecule has 0 aliphatic carbocycles. The lowest BCUT2D eigenvalue weighted by molar-refractivity contribution is -0.151. The van der Waals surface area contributed by atoms with E-state index < -0.39 is 42.5 Å². The first-order valence-corrected chi connectivity index (χ1v) is 9.22. The molecule has 1 saturated heterocycles. The number of hydrogen-bond acceptors (Lipinski definition) is 5. The Labute approximate surface area is 155 Å². The Bertz CT molecular complexity index is 545. The highest BCUT2D eigenvalue weighted by Gasteiger charge is 2.48. The van der Waals surface area contributed by atoms with Crippen molar-refractivity contribution in [2.75, 3.05) is 13.2 Å². The van der Waals surface area contributed by atoms with E-state index in [1.807, 2.05) is 27.7 Å². The van der Waals surface area contributed by atoms with Gasteiger partial charge < -0.3 is 15.4 Å². The Kier molecular flexibility index (Phi) is 8.05. The molecule has 1 aliphatic heterocycles. The van der Waals surface area contributed by atoms with Crippen LogP contribution in [-0.2, 0) is 19.1 Å². The molecule has 0 aromatic carbocycles. The summed E-state index contributed by atoms with van der Waals surface area (Å²) in [5, 5.41) is 5.39. The number of ether oxygens (including phenoxy) is 1. The van der Waals surface area contributed by atoms with Crippen LogP contribution in [0.15, 0.2) is 0 Å². The van der Waals surface area contributed by atoms with Gasteiger partial charge >= 0.3 is 12.0 Å². The van der Waals surface area contributed by atoms with Gasteiger partial charge in [-0.15, -0.1) is 0 Å². The first-order chi connectivity index (χ1) is 12.1. The summed E-state index contributed by atoms with van der Waals surface area (Å²) in [6.45, 7) is 8.70. The molecule has 1 aliphatic rings. The van der Waals surface area contributed by atoms with Gasteiger partial charge in [-0.2, -0.15) is 0 Å². The number of urea groups is 1. The molecule has 0 bridgehead atoms. The number of carbonyl (C=O) groups is 4. The predicted octanol–water partition coefficient (Wildman–Crippen LogP) is 1.58. The van der Waals surface area contributed by atoms with Crippen molar-refractivity contribution in [2.24, 2.45) is 5.92 Å². The summed E-state index contributed by atoms with van der Waals surface area (Å²) in [6.07, 6.45) is 2.84. The second-order valence-corrected chi connectivity index (χ2v) is 7.33. The molecule has 0 unspecified atom stereocenters. The summed E-state index contributed by atoms with van der Waals surface area (Å²) in [6, 6.07) is -0.575. The molecular weight excluding hydrogens is 338 g/mol. The number of carbonyl (C=O) groups excluding carboxylic acids is 4. The van der Waals surface area contributed by atoms with Gasteiger partial charge in [-0.1, -0.05) is 27.7 Å². The SMILES string of the molecule is CCC(CC)NC(=O)COC(=O)CN1C(=O)N[C@@](C)(CCC(C)C)C1=O. The van der Waals surface area contributed by atoms with Gasteiger partial charge in [0.25, 0.3) is 11.8 Å².